The predicted octanol–water partition coefficient (Wildman–Crippen LogP) is 1.25. The Morgan fingerprint density at radius 3 is 2.80 bits per heavy atom. The third-order valence-corrected chi connectivity index (χ3v) is 1.06. The van der Waals surface area contributed by atoms with Gasteiger partial charge >= 0.3 is 5.97 Å². The number of esters is 1. The fourth-order valence-corrected chi connectivity index (χ4v) is 0.698. The van der Waals surface area contributed by atoms with Gasteiger partial charge in [-0.2, -0.15) is 5.11 Å². The first-order valence-corrected chi connectivity index (χ1v) is 2.92. The molecular formula is C6H8N2O2. The van der Waals surface area contributed by atoms with Gasteiger partial charge in [0.2, 0.25) is 5.72 Å². The highest BCUT2D eigenvalue weighted by molar-refractivity contribution is 5.66. The molecule has 1 atom stereocenters. The highest BCUT2D eigenvalue weighted by Crippen LogP contribution is 2.19. The lowest BCUT2D eigenvalue weighted by atomic mass is 10.3. The van der Waals surface area contributed by atoms with Gasteiger partial charge in [-0.3, -0.25) is 4.79 Å². The second kappa shape index (κ2) is 2.21. The largest absolute Gasteiger partial charge is 0.432 e. The van der Waals surface area contributed by atoms with Crippen LogP contribution in [0.4, 0.5) is 0 Å². The standard InChI is InChI=1S/C6H8N2O2/c1-5(9)10-6(2)3-4-7-8-6/h3-4H,1-2H3. The second-order valence-corrected chi connectivity index (χ2v) is 2.18. The van der Waals surface area contributed by atoms with E-state index in [9.17, 15) is 4.79 Å². The zero-order valence-corrected chi connectivity index (χ0v) is 5.87. The van der Waals surface area contributed by atoms with E-state index in [1.54, 1.807) is 13.0 Å². The highest BCUT2D eigenvalue weighted by atomic mass is 16.6. The van der Waals surface area contributed by atoms with E-state index in [0.717, 1.165) is 0 Å². The van der Waals surface area contributed by atoms with Crippen LogP contribution in [0.25, 0.3) is 0 Å². The monoisotopic (exact) mass is 140 g/mol. The molecule has 0 aliphatic carbocycles. The number of azo groups is 1. The van der Waals surface area contributed by atoms with Crippen LogP contribution in [0.15, 0.2) is 22.5 Å². The van der Waals surface area contributed by atoms with Crippen molar-refractivity contribution in [2.24, 2.45) is 10.2 Å². The number of ether oxygens (including phenoxy) is 1. The molecule has 0 N–H and O–H groups in total. The van der Waals surface area contributed by atoms with Crippen molar-refractivity contribution in [1.82, 2.24) is 0 Å². The molecule has 1 heterocycles. The topological polar surface area (TPSA) is 51.0 Å². The van der Waals surface area contributed by atoms with Crippen LogP contribution in [-0.2, 0) is 9.53 Å². The Kier molecular flexibility index (Phi) is 1.53. The van der Waals surface area contributed by atoms with Gasteiger partial charge in [0.25, 0.3) is 0 Å². The molecule has 0 saturated heterocycles. The summed E-state index contributed by atoms with van der Waals surface area (Å²) in [7, 11) is 0. The van der Waals surface area contributed by atoms with Crippen molar-refractivity contribution in [2.75, 3.05) is 0 Å². The summed E-state index contributed by atoms with van der Waals surface area (Å²) in [5, 5.41) is 7.24. The summed E-state index contributed by atoms with van der Waals surface area (Å²) < 4.78 is 4.81. The van der Waals surface area contributed by atoms with E-state index in [1.807, 2.05) is 0 Å². The lowest BCUT2D eigenvalue weighted by Gasteiger charge is -2.15. The highest BCUT2D eigenvalue weighted by Gasteiger charge is 2.25. The Bertz CT molecular complexity index is 196. The molecule has 0 amide bonds. The van der Waals surface area contributed by atoms with Gasteiger partial charge in [-0.05, 0) is 0 Å². The summed E-state index contributed by atoms with van der Waals surface area (Å²) in [6.45, 7) is 3.01. The van der Waals surface area contributed by atoms with Gasteiger partial charge in [-0.1, -0.05) is 0 Å². The first-order valence-electron chi connectivity index (χ1n) is 2.92. The molecule has 1 rings (SSSR count). The van der Waals surface area contributed by atoms with Gasteiger partial charge in [0.15, 0.2) is 0 Å². The third kappa shape index (κ3) is 1.40. The van der Waals surface area contributed by atoms with E-state index >= 15 is 0 Å². The molecule has 0 aromatic rings. The number of nitrogens with zero attached hydrogens (tertiary/aromatic N) is 2. The third-order valence-electron chi connectivity index (χ3n) is 1.06. The van der Waals surface area contributed by atoms with Crippen molar-refractivity contribution in [2.45, 2.75) is 19.6 Å². The fourth-order valence-electron chi connectivity index (χ4n) is 0.698. The summed E-state index contributed by atoms with van der Waals surface area (Å²) in [6, 6.07) is 0. The van der Waals surface area contributed by atoms with Crippen LogP contribution in [0.2, 0.25) is 0 Å². The Balaban J connectivity index is 2.62. The molecule has 54 valence electrons. The molecule has 0 aromatic heterocycles. The molecule has 10 heavy (non-hydrogen) atoms. The van der Waals surface area contributed by atoms with E-state index in [-0.39, 0.29) is 5.97 Å². The molecule has 1 unspecified atom stereocenters. The van der Waals surface area contributed by atoms with E-state index in [2.05, 4.69) is 10.2 Å². The van der Waals surface area contributed by atoms with Gasteiger partial charge in [0.05, 0.1) is 6.20 Å². The maximum atomic E-state index is 10.4. The molecule has 4 heteroatoms. The number of carbonyl (C=O) groups is 1. The Hall–Kier alpha value is -1.19. The van der Waals surface area contributed by atoms with E-state index < -0.39 is 5.72 Å². The van der Waals surface area contributed by atoms with Gasteiger partial charge < -0.3 is 4.74 Å². The van der Waals surface area contributed by atoms with Crippen LogP contribution in [0.5, 0.6) is 0 Å². The van der Waals surface area contributed by atoms with Crippen molar-refractivity contribution in [1.29, 1.82) is 0 Å². The van der Waals surface area contributed by atoms with E-state index in [1.165, 1.54) is 13.1 Å². The smallest absolute Gasteiger partial charge is 0.305 e. The van der Waals surface area contributed by atoms with Gasteiger partial charge in [-0.15, -0.1) is 5.11 Å². The molecule has 0 bridgehead atoms. The molecule has 1 aliphatic rings. The Morgan fingerprint density at radius 2 is 2.40 bits per heavy atom. The average Bonchev–Trinajstić information content (AvgIpc) is 2.12. The lowest BCUT2D eigenvalue weighted by Crippen LogP contribution is -2.23. The first-order chi connectivity index (χ1) is 4.62. The summed E-state index contributed by atoms with van der Waals surface area (Å²) >= 11 is 0. The van der Waals surface area contributed by atoms with Crippen LogP contribution in [0.1, 0.15) is 13.8 Å². The zero-order valence-electron chi connectivity index (χ0n) is 5.87. The normalized spacial score (nSPS) is 29.0. The molecule has 0 spiro atoms. The lowest BCUT2D eigenvalue weighted by molar-refractivity contribution is -0.150. The number of carbonyl (C=O) groups excluding carboxylic acids is 1. The fraction of sp³-hybridized carbons (Fsp3) is 0.500. The van der Waals surface area contributed by atoms with Gasteiger partial charge in [-0.25, -0.2) is 0 Å². The van der Waals surface area contributed by atoms with Crippen molar-refractivity contribution >= 4 is 5.97 Å². The molecule has 0 radical (unpaired) electrons. The zero-order chi connectivity index (χ0) is 7.61. The van der Waals surface area contributed by atoms with Crippen LogP contribution < -0.4 is 0 Å². The SMILES string of the molecule is CC(=O)OC1(C)C=CN=N1. The number of hydrogen-bond acceptors (Lipinski definition) is 4. The average molecular weight is 140 g/mol. The van der Waals surface area contributed by atoms with Crippen molar-refractivity contribution in [3.05, 3.63) is 12.3 Å². The predicted molar refractivity (Wildman–Crippen MR) is 34.2 cm³/mol. The van der Waals surface area contributed by atoms with Gasteiger partial charge in [0, 0.05) is 19.9 Å². The summed E-state index contributed by atoms with van der Waals surface area (Å²) in [5.41, 5.74) is -0.855. The minimum absolute atomic E-state index is 0.354. The second-order valence-electron chi connectivity index (χ2n) is 2.18. The van der Waals surface area contributed by atoms with Gasteiger partial charge in [0.1, 0.15) is 0 Å². The molecule has 0 fully saturated rings. The number of rotatable bonds is 1. The minimum atomic E-state index is -0.855. The van der Waals surface area contributed by atoms with E-state index in [0.29, 0.717) is 0 Å². The van der Waals surface area contributed by atoms with Crippen molar-refractivity contribution in [3.8, 4) is 0 Å². The molecule has 1 aliphatic heterocycles. The first kappa shape index (κ1) is 6.92. The maximum Gasteiger partial charge on any atom is 0.305 e. The van der Waals surface area contributed by atoms with Crippen LogP contribution in [0.3, 0.4) is 0 Å². The van der Waals surface area contributed by atoms with Crippen LogP contribution in [0, 0.1) is 0 Å². The molecular weight excluding hydrogens is 132 g/mol. The van der Waals surface area contributed by atoms with Crippen LogP contribution >= 0.6 is 0 Å². The summed E-state index contributed by atoms with van der Waals surface area (Å²) in [4.78, 5) is 10.4. The van der Waals surface area contributed by atoms with E-state index in [4.69, 9.17) is 4.74 Å². The quantitative estimate of drug-likeness (QED) is 0.514. The summed E-state index contributed by atoms with van der Waals surface area (Å²) in [5.74, 6) is -0.354. The summed E-state index contributed by atoms with van der Waals surface area (Å²) in [6.07, 6.45) is 3.12. The Morgan fingerprint density at radius 1 is 1.70 bits per heavy atom. The minimum Gasteiger partial charge on any atom is -0.432 e. The van der Waals surface area contributed by atoms with Crippen molar-refractivity contribution < 1.29 is 9.53 Å². The van der Waals surface area contributed by atoms with Crippen molar-refractivity contribution in [3.63, 3.8) is 0 Å². The molecule has 4 nitrogen and oxygen atoms in total. The number of hydrogen-bond donors (Lipinski definition) is 0. The molecule has 0 aromatic carbocycles. The molecule has 0 saturated carbocycles. The Labute approximate surface area is 58.6 Å². The maximum absolute atomic E-state index is 10.4. The van der Waals surface area contributed by atoms with Crippen LogP contribution in [-0.4, -0.2) is 11.7 Å².